The summed E-state index contributed by atoms with van der Waals surface area (Å²) in [6, 6.07) is 8.02. The molecule has 1 heterocycles. The van der Waals surface area contributed by atoms with Crippen molar-refractivity contribution in [2.45, 2.75) is 77.9 Å². The van der Waals surface area contributed by atoms with Gasteiger partial charge in [-0.3, -0.25) is 24.0 Å². The molecule has 0 fully saturated rings. The van der Waals surface area contributed by atoms with Crippen LogP contribution in [0.2, 0.25) is 0 Å². The summed E-state index contributed by atoms with van der Waals surface area (Å²) >= 11 is 0. The smallest absolute Gasteiger partial charge is 0.254 e. The second kappa shape index (κ2) is 15.9. The first-order chi connectivity index (χ1) is 21.3. The zero-order valence-corrected chi connectivity index (χ0v) is 26.7. The Hall–Kier alpha value is -4.61. The van der Waals surface area contributed by atoms with E-state index in [2.05, 4.69) is 26.6 Å². The monoisotopic (exact) mass is 623 g/mol. The van der Waals surface area contributed by atoms with E-state index in [1.807, 2.05) is 27.7 Å². The Morgan fingerprint density at radius 1 is 0.822 bits per heavy atom. The van der Waals surface area contributed by atoms with E-state index >= 15 is 0 Å². The fourth-order valence-electron chi connectivity index (χ4n) is 5.08. The third-order valence-corrected chi connectivity index (χ3v) is 7.69. The number of benzene rings is 2. The largest absolute Gasteiger partial charge is 0.506 e. The lowest BCUT2D eigenvalue weighted by molar-refractivity contribution is -0.132. The van der Waals surface area contributed by atoms with E-state index in [1.54, 1.807) is 31.2 Å². The number of anilines is 1. The molecule has 2 aromatic carbocycles. The number of amides is 5. The van der Waals surface area contributed by atoms with Crippen molar-refractivity contribution in [1.29, 1.82) is 0 Å². The summed E-state index contributed by atoms with van der Waals surface area (Å²) in [5, 5.41) is 24.2. The fraction of sp³-hybridized carbons (Fsp3) is 0.485. The molecule has 0 saturated carbocycles. The second-order valence-corrected chi connectivity index (χ2v) is 12.2. The predicted molar refractivity (Wildman–Crippen MR) is 170 cm³/mol. The van der Waals surface area contributed by atoms with E-state index in [-0.39, 0.29) is 41.7 Å². The number of carbonyl (C=O) groups excluding carboxylic acids is 5. The van der Waals surface area contributed by atoms with Crippen molar-refractivity contribution in [3.05, 3.63) is 53.6 Å². The maximum atomic E-state index is 14.0. The Balaban J connectivity index is 2.09. The lowest BCUT2D eigenvalue weighted by Gasteiger charge is -2.29. The highest BCUT2D eigenvalue weighted by Crippen LogP contribution is 2.30. The number of aromatic hydroxyl groups is 1. The number of carbonyl (C=O) groups is 5. The van der Waals surface area contributed by atoms with Crippen LogP contribution in [0.5, 0.6) is 11.5 Å². The summed E-state index contributed by atoms with van der Waals surface area (Å²) in [6.45, 7) is 9.09. The number of nitrogens with one attached hydrogen (secondary N) is 5. The molecule has 6 N–H and O–H groups in total. The first kappa shape index (κ1) is 34.9. The van der Waals surface area contributed by atoms with E-state index in [0.717, 1.165) is 0 Å². The SMILES string of the molecule is COc1ccc([C@@H](C)[C@@H]2NC(=O)[C@@H](CC(C)C)NC(=O)CNC(=O)[C@H](CCC(C)C)NC(=O)c3cccc(O)c3NC2=O)cc1. The summed E-state index contributed by atoms with van der Waals surface area (Å²) in [7, 11) is 1.54. The van der Waals surface area contributed by atoms with E-state index in [9.17, 15) is 29.1 Å². The normalized spacial score (nSPS) is 20.8. The minimum atomic E-state index is -1.18. The van der Waals surface area contributed by atoms with Crippen LogP contribution in [0.15, 0.2) is 42.5 Å². The maximum Gasteiger partial charge on any atom is 0.254 e. The highest BCUT2D eigenvalue weighted by molar-refractivity contribution is 6.08. The van der Waals surface area contributed by atoms with Crippen molar-refractivity contribution in [3.63, 3.8) is 0 Å². The van der Waals surface area contributed by atoms with Gasteiger partial charge in [0.2, 0.25) is 23.6 Å². The molecule has 0 unspecified atom stereocenters. The second-order valence-electron chi connectivity index (χ2n) is 12.2. The number of ether oxygens (including phenoxy) is 1. The minimum Gasteiger partial charge on any atom is -0.506 e. The number of methoxy groups -OCH3 is 1. The number of hydrogen-bond acceptors (Lipinski definition) is 7. The average Bonchev–Trinajstić information content (AvgIpc) is 2.99. The zero-order valence-electron chi connectivity index (χ0n) is 26.7. The highest BCUT2D eigenvalue weighted by atomic mass is 16.5. The van der Waals surface area contributed by atoms with Crippen molar-refractivity contribution < 1.29 is 33.8 Å². The topological polar surface area (TPSA) is 175 Å². The summed E-state index contributed by atoms with van der Waals surface area (Å²) < 4.78 is 5.25. The minimum absolute atomic E-state index is 0.00646. The van der Waals surface area contributed by atoms with Gasteiger partial charge in [-0.2, -0.15) is 0 Å². The molecule has 0 spiro atoms. The number of hydrogen-bond donors (Lipinski definition) is 6. The van der Waals surface area contributed by atoms with Gasteiger partial charge in [0, 0.05) is 5.92 Å². The zero-order chi connectivity index (χ0) is 33.3. The van der Waals surface area contributed by atoms with E-state index < -0.39 is 60.1 Å². The summed E-state index contributed by atoms with van der Waals surface area (Å²) in [5.74, 6) is -3.27. The van der Waals surface area contributed by atoms with Gasteiger partial charge in [-0.15, -0.1) is 0 Å². The van der Waals surface area contributed by atoms with Gasteiger partial charge in [-0.1, -0.05) is 52.8 Å². The Morgan fingerprint density at radius 3 is 2.13 bits per heavy atom. The summed E-state index contributed by atoms with van der Waals surface area (Å²) in [4.78, 5) is 67.2. The number of para-hydroxylation sites is 1. The van der Waals surface area contributed by atoms with Gasteiger partial charge in [0.05, 0.1) is 24.9 Å². The molecule has 12 nitrogen and oxygen atoms in total. The van der Waals surface area contributed by atoms with Crippen LogP contribution < -0.4 is 31.3 Å². The van der Waals surface area contributed by atoms with Gasteiger partial charge < -0.3 is 36.4 Å². The molecule has 0 aliphatic carbocycles. The molecule has 0 aromatic heterocycles. The molecule has 45 heavy (non-hydrogen) atoms. The lowest BCUT2D eigenvalue weighted by atomic mass is 9.91. The number of fused-ring (bicyclic) bond motifs is 1. The molecule has 2 aromatic rings. The van der Waals surface area contributed by atoms with E-state index in [4.69, 9.17) is 4.74 Å². The molecule has 0 bridgehead atoms. The van der Waals surface area contributed by atoms with Gasteiger partial charge in [-0.25, -0.2) is 0 Å². The van der Waals surface area contributed by atoms with Gasteiger partial charge >= 0.3 is 0 Å². The third kappa shape index (κ3) is 9.69. The van der Waals surface area contributed by atoms with Crippen LogP contribution in [-0.2, 0) is 19.2 Å². The molecule has 3 rings (SSSR count). The predicted octanol–water partition coefficient (Wildman–Crippen LogP) is 2.82. The summed E-state index contributed by atoms with van der Waals surface area (Å²) in [5.41, 5.74) is 0.472. The standard InChI is InChI=1S/C33H45N5O7/c1-18(2)10-15-24-31(42)34-17-27(40)35-25(16-19(3)4)32(43)37-28(20(5)21-11-13-22(45-6)14-12-21)33(44)38-29-23(30(41)36-24)8-7-9-26(29)39/h7-9,11-14,18-20,24-25,28,39H,10,15-17H2,1-6H3,(H,34,42)(H,35,40)(H,36,41)(H,37,43)(H,38,44)/t20-,24+,25-,28+/m1/s1. The van der Waals surface area contributed by atoms with Crippen LogP contribution in [0.4, 0.5) is 5.69 Å². The number of rotatable bonds is 8. The van der Waals surface area contributed by atoms with E-state index in [1.165, 1.54) is 25.3 Å². The average molecular weight is 624 g/mol. The van der Waals surface area contributed by atoms with Crippen molar-refractivity contribution in [1.82, 2.24) is 21.3 Å². The Morgan fingerprint density at radius 2 is 1.51 bits per heavy atom. The van der Waals surface area contributed by atoms with Crippen molar-refractivity contribution in [2.75, 3.05) is 19.0 Å². The van der Waals surface area contributed by atoms with Gasteiger partial charge in [-0.05, 0) is 60.9 Å². The molecule has 4 atom stereocenters. The summed E-state index contributed by atoms with van der Waals surface area (Å²) in [6.07, 6.45) is 1.17. The van der Waals surface area contributed by atoms with E-state index in [0.29, 0.717) is 17.7 Å². The third-order valence-electron chi connectivity index (χ3n) is 7.69. The first-order valence-corrected chi connectivity index (χ1v) is 15.3. The molecule has 1 aliphatic rings. The number of phenolic OH excluding ortho intramolecular Hbond substituents is 1. The molecule has 0 radical (unpaired) electrons. The highest BCUT2D eigenvalue weighted by Gasteiger charge is 2.34. The van der Waals surface area contributed by atoms with Crippen molar-refractivity contribution in [2.24, 2.45) is 11.8 Å². The molecule has 5 amide bonds. The van der Waals surface area contributed by atoms with Crippen LogP contribution in [0.25, 0.3) is 0 Å². The van der Waals surface area contributed by atoms with Crippen molar-refractivity contribution in [3.8, 4) is 11.5 Å². The Bertz CT molecular complexity index is 1380. The van der Waals surface area contributed by atoms with Crippen LogP contribution in [-0.4, -0.2) is 66.4 Å². The van der Waals surface area contributed by atoms with Gasteiger partial charge in [0.15, 0.2) is 0 Å². The molecular weight excluding hydrogens is 578 g/mol. The van der Waals surface area contributed by atoms with Crippen LogP contribution >= 0.6 is 0 Å². The number of phenols is 1. The Kier molecular flexibility index (Phi) is 12.3. The molecule has 1 aliphatic heterocycles. The fourth-order valence-corrected chi connectivity index (χ4v) is 5.08. The molecule has 0 saturated heterocycles. The molecular formula is C33H45N5O7. The quantitative estimate of drug-likeness (QED) is 0.245. The lowest BCUT2D eigenvalue weighted by Crippen LogP contribution is -2.56. The first-order valence-electron chi connectivity index (χ1n) is 15.3. The van der Waals surface area contributed by atoms with Crippen LogP contribution in [0, 0.1) is 11.8 Å². The van der Waals surface area contributed by atoms with Crippen molar-refractivity contribution >= 4 is 35.2 Å². The van der Waals surface area contributed by atoms with Crippen LogP contribution in [0.1, 0.15) is 75.7 Å². The molecule has 12 heteroatoms. The van der Waals surface area contributed by atoms with Gasteiger partial charge in [0.25, 0.3) is 5.91 Å². The Labute approximate surface area is 264 Å². The van der Waals surface area contributed by atoms with Crippen LogP contribution in [0.3, 0.4) is 0 Å². The van der Waals surface area contributed by atoms with Gasteiger partial charge in [0.1, 0.15) is 29.6 Å². The molecule has 244 valence electrons. The maximum absolute atomic E-state index is 14.0.